The maximum absolute atomic E-state index is 12.6. The Hall–Kier alpha value is -2.29. The van der Waals surface area contributed by atoms with Crippen molar-refractivity contribution in [1.82, 2.24) is 5.32 Å². The summed E-state index contributed by atoms with van der Waals surface area (Å²) in [5.41, 5.74) is 5.06. The van der Waals surface area contributed by atoms with Crippen LogP contribution in [0.25, 0.3) is 0 Å². The third-order valence-corrected chi connectivity index (χ3v) is 5.27. The molecule has 0 unspecified atom stereocenters. The van der Waals surface area contributed by atoms with Crippen molar-refractivity contribution in [1.29, 1.82) is 0 Å². The van der Waals surface area contributed by atoms with Gasteiger partial charge < -0.3 is 10.1 Å². The van der Waals surface area contributed by atoms with Gasteiger partial charge in [0.2, 0.25) is 0 Å². The fourth-order valence-corrected chi connectivity index (χ4v) is 3.56. The van der Waals surface area contributed by atoms with Crippen molar-refractivity contribution in [3.8, 4) is 5.75 Å². The second-order valence-electron chi connectivity index (χ2n) is 7.19. The minimum absolute atomic E-state index is 0.0378. The molecule has 3 heteroatoms. The molecule has 1 amide bonds. The SMILES string of the molecule is CCc1ccc([C@H](C)NC(=O)[C@H](C)Oc2cccc3c2CCCC3)cc1. The molecule has 0 heterocycles. The molecule has 1 aliphatic rings. The molecule has 26 heavy (non-hydrogen) atoms. The second-order valence-corrected chi connectivity index (χ2v) is 7.19. The zero-order chi connectivity index (χ0) is 18.5. The van der Waals surface area contributed by atoms with Gasteiger partial charge >= 0.3 is 0 Å². The zero-order valence-electron chi connectivity index (χ0n) is 16.0. The molecule has 2 atom stereocenters. The van der Waals surface area contributed by atoms with Crippen LogP contribution in [0.2, 0.25) is 0 Å². The lowest BCUT2D eigenvalue weighted by Crippen LogP contribution is -2.38. The number of amides is 1. The topological polar surface area (TPSA) is 38.3 Å². The van der Waals surface area contributed by atoms with Crippen LogP contribution in [0.5, 0.6) is 5.75 Å². The van der Waals surface area contributed by atoms with Gasteiger partial charge in [-0.25, -0.2) is 0 Å². The summed E-state index contributed by atoms with van der Waals surface area (Å²) in [6.07, 6.45) is 5.09. The summed E-state index contributed by atoms with van der Waals surface area (Å²) in [6.45, 7) is 5.97. The van der Waals surface area contributed by atoms with Gasteiger partial charge in [0.25, 0.3) is 5.91 Å². The summed E-state index contributed by atoms with van der Waals surface area (Å²) in [5, 5.41) is 3.07. The van der Waals surface area contributed by atoms with E-state index in [1.165, 1.54) is 29.5 Å². The highest BCUT2D eigenvalue weighted by Gasteiger charge is 2.20. The van der Waals surface area contributed by atoms with Crippen LogP contribution in [-0.2, 0) is 24.1 Å². The quantitative estimate of drug-likeness (QED) is 0.814. The van der Waals surface area contributed by atoms with Gasteiger partial charge in [-0.2, -0.15) is 0 Å². The normalized spacial score (nSPS) is 15.7. The lowest BCUT2D eigenvalue weighted by Gasteiger charge is -2.23. The van der Waals surface area contributed by atoms with Gasteiger partial charge in [0.05, 0.1) is 6.04 Å². The third-order valence-electron chi connectivity index (χ3n) is 5.27. The fourth-order valence-electron chi connectivity index (χ4n) is 3.56. The summed E-state index contributed by atoms with van der Waals surface area (Å²) in [4.78, 5) is 12.6. The molecule has 138 valence electrons. The first-order chi connectivity index (χ1) is 12.6. The average Bonchev–Trinajstić information content (AvgIpc) is 2.68. The van der Waals surface area contributed by atoms with E-state index in [0.717, 1.165) is 30.6 Å². The van der Waals surface area contributed by atoms with Crippen molar-refractivity contribution in [2.75, 3.05) is 0 Å². The van der Waals surface area contributed by atoms with E-state index in [1.54, 1.807) is 0 Å². The van der Waals surface area contributed by atoms with Crippen LogP contribution in [0.15, 0.2) is 42.5 Å². The van der Waals surface area contributed by atoms with Gasteiger partial charge in [0.1, 0.15) is 5.75 Å². The molecular weight excluding hydrogens is 322 g/mol. The van der Waals surface area contributed by atoms with Gasteiger partial charge in [-0.05, 0) is 74.3 Å². The number of hydrogen-bond donors (Lipinski definition) is 1. The summed E-state index contributed by atoms with van der Waals surface area (Å²) in [5.74, 6) is 0.787. The van der Waals surface area contributed by atoms with E-state index >= 15 is 0 Å². The highest BCUT2D eigenvalue weighted by atomic mass is 16.5. The van der Waals surface area contributed by atoms with Gasteiger partial charge in [-0.1, -0.05) is 43.3 Å². The Balaban J connectivity index is 1.62. The molecule has 0 saturated carbocycles. The molecule has 0 fully saturated rings. The van der Waals surface area contributed by atoms with E-state index in [0.29, 0.717) is 0 Å². The van der Waals surface area contributed by atoms with E-state index in [1.807, 2.05) is 26.0 Å². The number of fused-ring (bicyclic) bond motifs is 1. The number of aryl methyl sites for hydroxylation is 2. The second kappa shape index (κ2) is 8.39. The van der Waals surface area contributed by atoms with Crippen molar-refractivity contribution >= 4 is 5.91 Å². The number of ether oxygens (including phenoxy) is 1. The Morgan fingerprint density at radius 1 is 1.08 bits per heavy atom. The van der Waals surface area contributed by atoms with Crippen LogP contribution in [0, 0.1) is 0 Å². The number of hydrogen-bond acceptors (Lipinski definition) is 2. The number of carbonyl (C=O) groups excluding carboxylic acids is 1. The van der Waals surface area contributed by atoms with E-state index in [9.17, 15) is 4.79 Å². The molecule has 3 rings (SSSR count). The predicted octanol–water partition coefficient (Wildman–Crippen LogP) is 4.77. The lowest BCUT2D eigenvalue weighted by molar-refractivity contribution is -0.127. The Bertz CT molecular complexity index is 751. The van der Waals surface area contributed by atoms with E-state index < -0.39 is 6.10 Å². The molecule has 1 aliphatic carbocycles. The molecule has 1 N–H and O–H groups in total. The van der Waals surface area contributed by atoms with Crippen LogP contribution in [0.3, 0.4) is 0 Å². The molecule has 0 bridgehead atoms. The number of benzene rings is 2. The van der Waals surface area contributed by atoms with Crippen LogP contribution in [0.1, 0.15) is 61.9 Å². The Kier molecular flexibility index (Phi) is 5.97. The number of rotatable bonds is 6. The first-order valence-electron chi connectivity index (χ1n) is 9.75. The Labute approximate surface area is 156 Å². The molecule has 0 aromatic heterocycles. The van der Waals surface area contributed by atoms with E-state index in [4.69, 9.17) is 4.74 Å². The molecule has 0 radical (unpaired) electrons. The zero-order valence-corrected chi connectivity index (χ0v) is 16.0. The van der Waals surface area contributed by atoms with Crippen molar-refractivity contribution in [3.05, 3.63) is 64.7 Å². The summed E-state index contributed by atoms with van der Waals surface area (Å²) in [7, 11) is 0. The first kappa shape index (κ1) is 18.5. The number of carbonyl (C=O) groups is 1. The monoisotopic (exact) mass is 351 g/mol. The van der Waals surface area contributed by atoms with Crippen molar-refractivity contribution in [2.24, 2.45) is 0 Å². The molecule has 0 aliphatic heterocycles. The van der Waals surface area contributed by atoms with Crippen LogP contribution >= 0.6 is 0 Å². The lowest BCUT2D eigenvalue weighted by atomic mass is 9.91. The average molecular weight is 351 g/mol. The molecule has 2 aromatic carbocycles. The molecule has 2 aromatic rings. The van der Waals surface area contributed by atoms with Crippen molar-refractivity contribution in [3.63, 3.8) is 0 Å². The predicted molar refractivity (Wildman–Crippen MR) is 106 cm³/mol. The van der Waals surface area contributed by atoms with E-state index in [2.05, 4.69) is 42.6 Å². The van der Waals surface area contributed by atoms with Crippen LogP contribution in [0.4, 0.5) is 0 Å². The number of nitrogens with one attached hydrogen (secondary N) is 1. The fraction of sp³-hybridized carbons (Fsp3) is 0.435. The van der Waals surface area contributed by atoms with Gasteiger partial charge in [-0.15, -0.1) is 0 Å². The molecule has 3 nitrogen and oxygen atoms in total. The van der Waals surface area contributed by atoms with Crippen LogP contribution < -0.4 is 10.1 Å². The summed E-state index contributed by atoms with van der Waals surface area (Å²) in [6, 6.07) is 14.6. The van der Waals surface area contributed by atoms with Gasteiger partial charge in [0.15, 0.2) is 6.10 Å². The molecule has 0 saturated heterocycles. The van der Waals surface area contributed by atoms with E-state index in [-0.39, 0.29) is 11.9 Å². The third kappa shape index (κ3) is 4.27. The van der Waals surface area contributed by atoms with Crippen LogP contribution in [-0.4, -0.2) is 12.0 Å². The largest absolute Gasteiger partial charge is 0.481 e. The van der Waals surface area contributed by atoms with Crippen molar-refractivity contribution in [2.45, 2.75) is 65.0 Å². The van der Waals surface area contributed by atoms with Crippen molar-refractivity contribution < 1.29 is 9.53 Å². The first-order valence-corrected chi connectivity index (χ1v) is 9.75. The highest BCUT2D eigenvalue weighted by molar-refractivity contribution is 5.81. The minimum Gasteiger partial charge on any atom is -0.481 e. The minimum atomic E-state index is -0.513. The molecular formula is C23H29NO2. The molecule has 0 spiro atoms. The highest BCUT2D eigenvalue weighted by Crippen LogP contribution is 2.30. The Morgan fingerprint density at radius 2 is 1.81 bits per heavy atom. The standard InChI is InChI=1S/C23H29NO2/c1-4-18-12-14-19(15-13-18)16(2)24-23(25)17(3)26-22-11-7-9-20-8-5-6-10-21(20)22/h7,9,11-17H,4-6,8,10H2,1-3H3,(H,24,25)/t16-,17-/m0/s1. The Morgan fingerprint density at radius 3 is 2.54 bits per heavy atom. The summed E-state index contributed by atoms with van der Waals surface area (Å²) < 4.78 is 6.04. The van der Waals surface area contributed by atoms with Gasteiger partial charge in [-0.3, -0.25) is 4.79 Å². The summed E-state index contributed by atoms with van der Waals surface area (Å²) >= 11 is 0. The maximum Gasteiger partial charge on any atom is 0.261 e. The maximum atomic E-state index is 12.6. The smallest absolute Gasteiger partial charge is 0.261 e. The van der Waals surface area contributed by atoms with Gasteiger partial charge in [0, 0.05) is 0 Å².